The summed E-state index contributed by atoms with van der Waals surface area (Å²) in [6, 6.07) is 0. The van der Waals surface area contributed by atoms with Crippen molar-refractivity contribution in [3.63, 3.8) is 0 Å². The maximum Gasteiger partial charge on any atom is 0.165 e. The molecule has 0 unspecified atom stereocenters. The molecule has 0 aliphatic rings. The first-order valence-corrected chi connectivity index (χ1v) is 4.46. The molecule has 1 aromatic rings. The summed E-state index contributed by atoms with van der Waals surface area (Å²) in [5, 5.41) is 3.86. The van der Waals surface area contributed by atoms with Gasteiger partial charge in [0.05, 0.1) is 0 Å². The second-order valence-electron chi connectivity index (χ2n) is 2.43. The number of ketones is 1. The SMILES string of the molecule is Cc1cscc1C(=O)CCN. The number of thiophene rings is 1. The molecule has 0 spiro atoms. The van der Waals surface area contributed by atoms with Crippen LogP contribution in [0.5, 0.6) is 0 Å². The van der Waals surface area contributed by atoms with Crippen LogP contribution in [0.1, 0.15) is 22.3 Å². The lowest BCUT2D eigenvalue weighted by molar-refractivity contribution is 0.0985. The van der Waals surface area contributed by atoms with Crippen molar-refractivity contribution in [2.24, 2.45) is 5.73 Å². The van der Waals surface area contributed by atoms with Gasteiger partial charge >= 0.3 is 0 Å². The zero-order valence-electron chi connectivity index (χ0n) is 6.46. The number of carbonyl (C=O) groups is 1. The van der Waals surface area contributed by atoms with Crippen molar-refractivity contribution in [3.8, 4) is 0 Å². The Morgan fingerprint density at radius 1 is 1.64 bits per heavy atom. The fourth-order valence-electron chi connectivity index (χ4n) is 0.912. The normalized spacial score (nSPS) is 10.0. The topological polar surface area (TPSA) is 43.1 Å². The fourth-order valence-corrected chi connectivity index (χ4v) is 1.76. The highest BCUT2D eigenvalue weighted by Crippen LogP contribution is 2.14. The van der Waals surface area contributed by atoms with Gasteiger partial charge in [-0.3, -0.25) is 4.79 Å². The first-order chi connectivity index (χ1) is 5.25. The molecule has 0 fully saturated rings. The molecule has 0 aromatic carbocycles. The van der Waals surface area contributed by atoms with E-state index in [1.54, 1.807) is 11.3 Å². The van der Waals surface area contributed by atoms with Gasteiger partial charge in [-0.1, -0.05) is 0 Å². The van der Waals surface area contributed by atoms with E-state index >= 15 is 0 Å². The number of Topliss-reactive ketones (excluding diaryl/α,β-unsaturated/α-hetero) is 1. The van der Waals surface area contributed by atoms with Gasteiger partial charge in [-0.05, 0) is 24.4 Å². The average molecular weight is 169 g/mol. The number of hydrogen-bond acceptors (Lipinski definition) is 3. The van der Waals surface area contributed by atoms with Crippen molar-refractivity contribution in [2.75, 3.05) is 6.54 Å². The quantitative estimate of drug-likeness (QED) is 0.698. The van der Waals surface area contributed by atoms with Crippen molar-refractivity contribution >= 4 is 17.1 Å². The van der Waals surface area contributed by atoms with Gasteiger partial charge in [0.25, 0.3) is 0 Å². The molecular formula is C8H11NOS. The number of carbonyl (C=O) groups excluding carboxylic acids is 1. The van der Waals surface area contributed by atoms with Crippen LogP contribution >= 0.6 is 11.3 Å². The van der Waals surface area contributed by atoms with E-state index in [2.05, 4.69) is 0 Å². The summed E-state index contributed by atoms with van der Waals surface area (Å²) in [6.07, 6.45) is 0.456. The number of hydrogen-bond donors (Lipinski definition) is 1. The van der Waals surface area contributed by atoms with E-state index in [1.807, 2.05) is 17.7 Å². The molecule has 3 heteroatoms. The second kappa shape index (κ2) is 3.64. The molecule has 2 N–H and O–H groups in total. The van der Waals surface area contributed by atoms with Gasteiger partial charge in [-0.2, -0.15) is 11.3 Å². The largest absolute Gasteiger partial charge is 0.330 e. The fraction of sp³-hybridized carbons (Fsp3) is 0.375. The molecule has 60 valence electrons. The first kappa shape index (κ1) is 8.43. The molecule has 0 saturated carbocycles. The predicted octanol–water partition coefficient (Wildman–Crippen LogP) is 1.59. The Morgan fingerprint density at radius 3 is 2.82 bits per heavy atom. The highest BCUT2D eigenvalue weighted by molar-refractivity contribution is 7.08. The minimum Gasteiger partial charge on any atom is -0.330 e. The van der Waals surface area contributed by atoms with E-state index in [0.29, 0.717) is 13.0 Å². The number of rotatable bonds is 3. The Hall–Kier alpha value is -0.670. The van der Waals surface area contributed by atoms with Gasteiger partial charge in [0.15, 0.2) is 5.78 Å². The van der Waals surface area contributed by atoms with Crippen LogP contribution in [0.3, 0.4) is 0 Å². The lowest BCUT2D eigenvalue weighted by Gasteiger charge is -1.95. The van der Waals surface area contributed by atoms with E-state index in [0.717, 1.165) is 11.1 Å². The highest BCUT2D eigenvalue weighted by Gasteiger charge is 2.07. The second-order valence-corrected chi connectivity index (χ2v) is 3.17. The third kappa shape index (κ3) is 1.88. The molecule has 0 radical (unpaired) electrons. The first-order valence-electron chi connectivity index (χ1n) is 3.51. The Balaban J connectivity index is 2.76. The third-order valence-corrected chi connectivity index (χ3v) is 2.39. The van der Waals surface area contributed by atoms with E-state index in [4.69, 9.17) is 5.73 Å². The average Bonchev–Trinajstić information content (AvgIpc) is 2.36. The van der Waals surface area contributed by atoms with Crippen LogP contribution < -0.4 is 5.73 Å². The molecule has 0 aliphatic heterocycles. The standard InChI is InChI=1S/C8H11NOS/c1-6-4-11-5-7(6)8(10)2-3-9/h4-5H,2-3,9H2,1H3. The molecule has 11 heavy (non-hydrogen) atoms. The molecular weight excluding hydrogens is 158 g/mol. The number of nitrogens with two attached hydrogens (primary N) is 1. The molecule has 0 saturated heterocycles. The van der Waals surface area contributed by atoms with Crippen molar-refractivity contribution in [3.05, 3.63) is 21.9 Å². The summed E-state index contributed by atoms with van der Waals surface area (Å²) < 4.78 is 0. The van der Waals surface area contributed by atoms with Gasteiger partial charge in [-0.25, -0.2) is 0 Å². The van der Waals surface area contributed by atoms with Crippen LogP contribution in [0.15, 0.2) is 10.8 Å². The Bertz CT molecular complexity index is 254. The van der Waals surface area contributed by atoms with Crippen LogP contribution in [0, 0.1) is 6.92 Å². The van der Waals surface area contributed by atoms with Gasteiger partial charge < -0.3 is 5.73 Å². The summed E-state index contributed by atoms with van der Waals surface area (Å²) >= 11 is 1.56. The van der Waals surface area contributed by atoms with Crippen LogP contribution in [0.25, 0.3) is 0 Å². The summed E-state index contributed by atoms with van der Waals surface area (Å²) in [5.41, 5.74) is 7.17. The molecule has 1 aromatic heterocycles. The summed E-state index contributed by atoms with van der Waals surface area (Å²) in [5.74, 6) is 0.159. The van der Waals surface area contributed by atoms with E-state index in [9.17, 15) is 4.79 Å². The minimum absolute atomic E-state index is 0.159. The van der Waals surface area contributed by atoms with Crippen LogP contribution in [-0.2, 0) is 0 Å². The highest BCUT2D eigenvalue weighted by atomic mass is 32.1. The maximum atomic E-state index is 11.3. The monoisotopic (exact) mass is 169 g/mol. The molecule has 1 heterocycles. The van der Waals surface area contributed by atoms with Crippen LogP contribution in [-0.4, -0.2) is 12.3 Å². The van der Waals surface area contributed by atoms with Crippen molar-refractivity contribution < 1.29 is 4.79 Å². The van der Waals surface area contributed by atoms with Gasteiger partial charge in [0.1, 0.15) is 0 Å². The van der Waals surface area contributed by atoms with Crippen molar-refractivity contribution in [2.45, 2.75) is 13.3 Å². The van der Waals surface area contributed by atoms with Crippen molar-refractivity contribution in [1.29, 1.82) is 0 Å². The maximum absolute atomic E-state index is 11.3. The summed E-state index contributed by atoms with van der Waals surface area (Å²) in [6.45, 7) is 2.38. The van der Waals surface area contributed by atoms with Crippen LogP contribution in [0.2, 0.25) is 0 Å². The van der Waals surface area contributed by atoms with Gasteiger partial charge in [-0.15, -0.1) is 0 Å². The predicted molar refractivity (Wildman–Crippen MR) is 47.1 cm³/mol. The molecule has 0 amide bonds. The lowest BCUT2D eigenvalue weighted by Crippen LogP contribution is -2.07. The smallest absolute Gasteiger partial charge is 0.165 e. The molecule has 0 aliphatic carbocycles. The van der Waals surface area contributed by atoms with E-state index in [1.165, 1.54) is 0 Å². The Kier molecular flexibility index (Phi) is 2.79. The van der Waals surface area contributed by atoms with Crippen LogP contribution in [0.4, 0.5) is 0 Å². The Labute approximate surface area is 70.0 Å². The summed E-state index contributed by atoms with van der Waals surface area (Å²) in [4.78, 5) is 11.3. The van der Waals surface area contributed by atoms with Gasteiger partial charge in [0.2, 0.25) is 0 Å². The van der Waals surface area contributed by atoms with E-state index in [-0.39, 0.29) is 5.78 Å². The molecule has 0 atom stereocenters. The lowest BCUT2D eigenvalue weighted by atomic mass is 10.1. The zero-order valence-corrected chi connectivity index (χ0v) is 7.28. The summed E-state index contributed by atoms with van der Waals surface area (Å²) in [7, 11) is 0. The Morgan fingerprint density at radius 2 is 2.36 bits per heavy atom. The number of aryl methyl sites for hydroxylation is 1. The van der Waals surface area contributed by atoms with Crippen molar-refractivity contribution in [1.82, 2.24) is 0 Å². The van der Waals surface area contributed by atoms with Gasteiger partial charge in [0, 0.05) is 17.4 Å². The molecule has 2 nitrogen and oxygen atoms in total. The zero-order chi connectivity index (χ0) is 8.27. The third-order valence-electron chi connectivity index (χ3n) is 1.53. The molecule has 1 rings (SSSR count). The molecule has 0 bridgehead atoms. The minimum atomic E-state index is 0.159. The van der Waals surface area contributed by atoms with E-state index < -0.39 is 0 Å².